The molecule has 0 saturated heterocycles. The fraction of sp³-hybridized carbons (Fsp3) is 0.222. The van der Waals surface area contributed by atoms with Crippen LogP contribution in [0.2, 0.25) is 0 Å². The van der Waals surface area contributed by atoms with Gasteiger partial charge in [0.2, 0.25) is 0 Å². The summed E-state index contributed by atoms with van der Waals surface area (Å²) in [7, 11) is 0. The van der Waals surface area contributed by atoms with E-state index >= 15 is 0 Å². The van der Waals surface area contributed by atoms with Crippen molar-refractivity contribution in [3.05, 3.63) is 24.3 Å². The Labute approximate surface area is 92.6 Å². The quantitative estimate of drug-likeness (QED) is 0.375. The van der Waals surface area contributed by atoms with Crippen LogP contribution in [0.15, 0.2) is 24.3 Å². The number of thiol groups is 1. The van der Waals surface area contributed by atoms with Crippen LogP contribution in [0, 0.1) is 0 Å². The van der Waals surface area contributed by atoms with Crippen LogP contribution >= 0.6 is 12.6 Å². The Balaban J connectivity index is 0.000000265. The van der Waals surface area contributed by atoms with Gasteiger partial charge in [0.25, 0.3) is 0 Å². The number of carboxylic acids is 1. The molecule has 0 saturated carbocycles. The zero-order chi connectivity index (χ0) is 11.8. The van der Waals surface area contributed by atoms with Crippen molar-refractivity contribution in [2.45, 2.75) is 6.04 Å². The Kier molecular flexibility index (Phi) is 6.32. The molecule has 5 nitrogen and oxygen atoms in total. The normalized spacial score (nSPS) is 11.1. The molecule has 1 rings (SSSR count). The van der Waals surface area contributed by atoms with Crippen molar-refractivity contribution >= 4 is 18.6 Å². The van der Waals surface area contributed by atoms with E-state index in [4.69, 9.17) is 21.1 Å². The number of nitrogens with two attached hydrogens (primary N) is 1. The highest BCUT2D eigenvalue weighted by Crippen LogP contribution is 2.21. The first kappa shape index (κ1) is 13.6. The largest absolute Gasteiger partial charge is 0.504 e. The minimum absolute atomic E-state index is 0.0764. The summed E-state index contributed by atoms with van der Waals surface area (Å²) < 4.78 is 0. The molecule has 15 heavy (non-hydrogen) atoms. The summed E-state index contributed by atoms with van der Waals surface area (Å²) in [6.45, 7) is 0. The van der Waals surface area contributed by atoms with E-state index in [1.165, 1.54) is 12.1 Å². The molecule has 1 aromatic rings. The van der Waals surface area contributed by atoms with Gasteiger partial charge in [0, 0.05) is 5.75 Å². The molecular weight excluding hydrogens is 218 g/mol. The van der Waals surface area contributed by atoms with Gasteiger partial charge in [-0.1, -0.05) is 12.1 Å². The number of para-hydroxylation sites is 2. The van der Waals surface area contributed by atoms with Gasteiger partial charge in [0.15, 0.2) is 11.5 Å². The molecule has 0 fully saturated rings. The third-order valence-corrected chi connectivity index (χ3v) is 1.79. The molecule has 1 aromatic carbocycles. The van der Waals surface area contributed by atoms with Gasteiger partial charge in [-0.25, -0.2) is 0 Å². The molecule has 0 amide bonds. The van der Waals surface area contributed by atoms with Crippen molar-refractivity contribution in [2.75, 3.05) is 5.75 Å². The van der Waals surface area contributed by atoms with Crippen LogP contribution in [0.5, 0.6) is 11.5 Å². The second-order valence-corrected chi connectivity index (χ2v) is 2.98. The highest BCUT2D eigenvalue weighted by Gasteiger charge is 2.06. The number of carboxylic acid groups (broad SMARTS) is 1. The van der Waals surface area contributed by atoms with Gasteiger partial charge >= 0.3 is 5.97 Å². The number of phenolic OH excluding ortho intramolecular Hbond substituents is 2. The van der Waals surface area contributed by atoms with Crippen LogP contribution in [0.25, 0.3) is 0 Å². The Morgan fingerprint density at radius 3 is 1.87 bits per heavy atom. The lowest BCUT2D eigenvalue weighted by atomic mass is 10.3. The van der Waals surface area contributed by atoms with Gasteiger partial charge < -0.3 is 21.1 Å². The number of phenols is 2. The predicted octanol–water partition coefficient (Wildman–Crippen LogP) is 0.426. The molecule has 0 heterocycles. The summed E-state index contributed by atoms with van der Waals surface area (Å²) in [5.41, 5.74) is 4.94. The van der Waals surface area contributed by atoms with Crippen molar-refractivity contribution < 1.29 is 20.1 Å². The molecular formula is C9H13NO4S. The summed E-state index contributed by atoms with van der Waals surface area (Å²) in [6, 6.07) is 5.33. The minimum Gasteiger partial charge on any atom is -0.504 e. The highest BCUT2D eigenvalue weighted by atomic mass is 32.1. The van der Waals surface area contributed by atoms with E-state index in [0.29, 0.717) is 0 Å². The second kappa shape index (κ2) is 6.97. The fourth-order valence-corrected chi connectivity index (χ4v) is 0.698. The molecule has 0 radical (unpaired) electrons. The molecule has 0 spiro atoms. The van der Waals surface area contributed by atoms with Crippen molar-refractivity contribution in [1.29, 1.82) is 0 Å². The molecule has 0 unspecified atom stereocenters. The average molecular weight is 231 g/mol. The lowest BCUT2D eigenvalue weighted by Crippen LogP contribution is -2.31. The maximum Gasteiger partial charge on any atom is 0.321 e. The minimum atomic E-state index is -1.00. The Morgan fingerprint density at radius 2 is 1.73 bits per heavy atom. The van der Waals surface area contributed by atoms with Crippen LogP contribution in [-0.2, 0) is 4.79 Å². The molecule has 1 atom stereocenters. The standard InChI is InChI=1S/C6H6O2.C3H7NO2S/c7-5-3-1-2-4-6(5)8;4-2(1-7)3(5)6/h1-4,7-8H;2,7H,1,4H2,(H,5,6)/t;2-/m.0/s1. The van der Waals surface area contributed by atoms with Crippen molar-refractivity contribution in [3.63, 3.8) is 0 Å². The Hall–Kier alpha value is -1.40. The zero-order valence-corrected chi connectivity index (χ0v) is 8.76. The summed E-state index contributed by atoms with van der Waals surface area (Å²) in [6.07, 6.45) is 0. The van der Waals surface area contributed by atoms with E-state index in [2.05, 4.69) is 12.6 Å². The topological polar surface area (TPSA) is 104 Å². The van der Waals surface area contributed by atoms with Gasteiger partial charge in [-0.3, -0.25) is 4.79 Å². The van der Waals surface area contributed by atoms with Crippen LogP contribution in [0.1, 0.15) is 0 Å². The van der Waals surface area contributed by atoms with Gasteiger partial charge in [0.1, 0.15) is 6.04 Å². The van der Waals surface area contributed by atoms with E-state index in [1.54, 1.807) is 12.1 Å². The van der Waals surface area contributed by atoms with Crippen molar-refractivity contribution in [2.24, 2.45) is 5.73 Å². The fourth-order valence-electron chi connectivity index (χ4n) is 0.542. The van der Waals surface area contributed by atoms with E-state index in [1.807, 2.05) is 0 Å². The Morgan fingerprint density at radius 1 is 1.33 bits per heavy atom. The van der Waals surface area contributed by atoms with Crippen LogP contribution < -0.4 is 5.73 Å². The number of aliphatic carboxylic acids is 1. The molecule has 0 aromatic heterocycles. The number of carbonyl (C=O) groups is 1. The number of benzene rings is 1. The van der Waals surface area contributed by atoms with Crippen molar-refractivity contribution in [1.82, 2.24) is 0 Å². The van der Waals surface area contributed by atoms with E-state index < -0.39 is 12.0 Å². The molecule has 84 valence electrons. The monoisotopic (exact) mass is 231 g/mol. The molecule has 0 aliphatic carbocycles. The summed E-state index contributed by atoms with van der Waals surface area (Å²) in [4.78, 5) is 9.76. The van der Waals surface area contributed by atoms with Gasteiger partial charge in [-0.15, -0.1) is 0 Å². The first-order valence-electron chi connectivity index (χ1n) is 4.05. The summed E-state index contributed by atoms with van der Waals surface area (Å²) in [5, 5.41) is 25.3. The third-order valence-electron chi connectivity index (χ3n) is 1.40. The number of hydrogen-bond donors (Lipinski definition) is 5. The Bertz CT molecular complexity index is 298. The van der Waals surface area contributed by atoms with Crippen LogP contribution in [0.4, 0.5) is 0 Å². The third kappa shape index (κ3) is 5.82. The number of hydrogen-bond acceptors (Lipinski definition) is 5. The predicted molar refractivity (Wildman–Crippen MR) is 59.2 cm³/mol. The molecule has 0 bridgehead atoms. The van der Waals surface area contributed by atoms with Gasteiger partial charge in [-0.2, -0.15) is 12.6 Å². The first-order chi connectivity index (χ1) is 6.99. The van der Waals surface area contributed by atoms with E-state index in [0.717, 1.165) is 0 Å². The van der Waals surface area contributed by atoms with E-state index in [9.17, 15) is 4.79 Å². The lowest BCUT2D eigenvalue weighted by Gasteiger charge is -1.96. The van der Waals surface area contributed by atoms with Crippen molar-refractivity contribution in [3.8, 4) is 11.5 Å². The smallest absolute Gasteiger partial charge is 0.321 e. The number of rotatable bonds is 2. The molecule has 0 aliphatic heterocycles. The number of aromatic hydroxyl groups is 2. The maximum atomic E-state index is 9.76. The molecule has 5 N–H and O–H groups in total. The van der Waals surface area contributed by atoms with Gasteiger partial charge in [0.05, 0.1) is 0 Å². The maximum absolute atomic E-state index is 9.76. The van der Waals surface area contributed by atoms with E-state index in [-0.39, 0.29) is 17.3 Å². The zero-order valence-electron chi connectivity index (χ0n) is 7.87. The summed E-state index contributed by atoms with van der Waals surface area (Å²) in [5.74, 6) is -0.968. The second-order valence-electron chi connectivity index (χ2n) is 2.62. The average Bonchev–Trinajstić information content (AvgIpc) is 2.22. The van der Waals surface area contributed by atoms with Crippen LogP contribution in [0.3, 0.4) is 0 Å². The highest BCUT2D eigenvalue weighted by molar-refractivity contribution is 7.80. The van der Waals surface area contributed by atoms with Gasteiger partial charge in [-0.05, 0) is 12.1 Å². The summed E-state index contributed by atoms with van der Waals surface area (Å²) >= 11 is 3.65. The van der Waals surface area contributed by atoms with Crippen LogP contribution in [-0.4, -0.2) is 33.1 Å². The molecule has 0 aliphatic rings. The lowest BCUT2D eigenvalue weighted by molar-refractivity contribution is -0.137. The SMILES string of the molecule is N[C@@H](CS)C(=O)O.Oc1ccccc1O. The first-order valence-corrected chi connectivity index (χ1v) is 4.68. The molecule has 6 heteroatoms.